The van der Waals surface area contributed by atoms with Crippen molar-refractivity contribution in [3.8, 4) is 11.3 Å². The van der Waals surface area contributed by atoms with E-state index >= 15 is 0 Å². The van der Waals surface area contributed by atoms with Crippen LogP contribution in [-0.4, -0.2) is 53.0 Å². The largest absolute Gasteiger partial charge is 0.381 e. The van der Waals surface area contributed by atoms with E-state index in [1.165, 1.54) is 24.2 Å². The van der Waals surface area contributed by atoms with Crippen LogP contribution in [0.15, 0.2) is 49.2 Å². The Hall–Kier alpha value is -3.29. The lowest BCUT2D eigenvalue weighted by Gasteiger charge is -2.16. The van der Waals surface area contributed by atoms with Crippen molar-refractivity contribution >= 4 is 49.5 Å². The molecule has 0 radical (unpaired) electrons. The SMILES string of the molecule is C=C(CN1CCCC1)c1cc(-c2ccc3c(ccc4sc5c(c43)NC[C@@H](C)NC5=O)n2)ccn1. The van der Waals surface area contributed by atoms with Gasteiger partial charge in [0.25, 0.3) is 5.91 Å². The van der Waals surface area contributed by atoms with Crippen LogP contribution in [0.25, 0.3) is 37.8 Å². The molecule has 0 unspecified atom stereocenters. The molecule has 1 aromatic carbocycles. The number of carbonyl (C=O) groups is 1. The number of rotatable bonds is 4. The second-order valence-corrected chi connectivity index (χ2v) is 10.3. The van der Waals surface area contributed by atoms with E-state index in [9.17, 15) is 4.79 Å². The Balaban J connectivity index is 1.37. The number of benzene rings is 1. The highest BCUT2D eigenvalue weighted by atomic mass is 32.1. The van der Waals surface area contributed by atoms with Crippen LogP contribution >= 0.6 is 11.3 Å². The van der Waals surface area contributed by atoms with Crippen LogP contribution in [0.4, 0.5) is 5.69 Å². The van der Waals surface area contributed by atoms with Gasteiger partial charge in [-0.3, -0.25) is 14.7 Å². The van der Waals surface area contributed by atoms with Gasteiger partial charge >= 0.3 is 0 Å². The molecule has 34 heavy (non-hydrogen) atoms. The summed E-state index contributed by atoms with van der Waals surface area (Å²) in [6, 6.07) is 12.5. The highest BCUT2D eigenvalue weighted by Crippen LogP contribution is 2.41. The molecule has 0 spiro atoms. The van der Waals surface area contributed by atoms with Crippen LogP contribution in [0.5, 0.6) is 0 Å². The van der Waals surface area contributed by atoms with Gasteiger partial charge in [-0.2, -0.15) is 0 Å². The van der Waals surface area contributed by atoms with Crippen LogP contribution in [0.2, 0.25) is 0 Å². The van der Waals surface area contributed by atoms with Crippen molar-refractivity contribution in [1.29, 1.82) is 0 Å². The Morgan fingerprint density at radius 2 is 2.06 bits per heavy atom. The Morgan fingerprint density at radius 3 is 2.91 bits per heavy atom. The molecule has 3 aromatic heterocycles. The Labute approximate surface area is 202 Å². The van der Waals surface area contributed by atoms with E-state index < -0.39 is 0 Å². The van der Waals surface area contributed by atoms with Gasteiger partial charge in [0.1, 0.15) is 4.88 Å². The average Bonchev–Trinajstić information content (AvgIpc) is 3.47. The summed E-state index contributed by atoms with van der Waals surface area (Å²) in [5, 5.41) is 8.68. The second-order valence-electron chi connectivity index (χ2n) is 9.28. The number of thiophene rings is 1. The molecule has 5 heterocycles. The lowest BCUT2D eigenvalue weighted by Crippen LogP contribution is -2.34. The summed E-state index contributed by atoms with van der Waals surface area (Å²) in [6.45, 7) is 10.2. The fourth-order valence-electron chi connectivity index (χ4n) is 4.96. The fourth-order valence-corrected chi connectivity index (χ4v) is 6.06. The summed E-state index contributed by atoms with van der Waals surface area (Å²) < 4.78 is 1.09. The quantitative estimate of drug-likeness (QED) is 0.432. The normalized spacial score (nSPS) is 18.5. The number of likely N-dealkylation sites (tertiary alicyclic amines) is 1. The zero-order valence-corrected chi connectivity index (χ0v) is 20.0. The lowest BCUT2D eigenvalue weighted by molar-refractivity contribution is 0.0949. The van der Waals surface area contributed by atoms with Crippen molar-refractivity contribution in [2.24, 2.45) is 0 Å². The predicted molar refractivity (Wildman–Crippen MR) is 140 cm³/mol. The summed E-state index contributed by atoms with van der Waals surface area (Å²) in [7, 11) is 0. The Kier molecular flexibility index (Phi) is 5.31. The van der Waals surface area contributed by atoms with Gasteiger partial charge in [0.2, 0.25) is 0 Å². The number of pyridine rings is 2. The van der Waals surface area contributed by atoms with E-state index in [2.05, 4.69) is 51.4 Å². The zero-order chi connectivity index (χ0) is 23.2. The minimum absolute atomic E-state index is 0.00935. The molecule has 0 bridgehead atoms. The molecular weight excluding hydrogens is 442 g/mol. The molecule has 6 nitrogen and oxygen atoms in total. The van der Waals surface area contributed by atoms with Crippen molar-refractivity contribution in [2.45, 2.75) is 25.8 Å². The minimum atomic E-state index is -0.00935. The summed E-state index contributed by atoms with van der Waals surface area (Å²) in [5.74, 6) is -0.00935. The van der Waals surface area contributed by atoms with Gasteiger partial charge in [-0.05, 0) is 74.8 Å². The van der Waals surface area contributed by atoms with E-state index in [1.54, 1.807) is 0 Å². The van der Waals surface area contributed by atoms with Gasteiger partial charge in [-0.25, -0.2) is 4.98 Å². The summed E-state index contributed by atoms with van der Waals surface area (Å²) in [6.07, 6.45) is 4.38. The molecule has 7 heteroatoms. The van der Waals surface area contributed by atoms with Crippen molar-refractivity contribution < 1.29 is 4.79 Å². The molecular formula is C27H27N5OS. The Bertz CT molecular complexity index is 1440. The van der Waals surface area contributed by atoms with Gasteiger partial charge in [-0.15, -0.1) is 11.3 Å². The first-order valence-corrected chi connectivity index (χ1v) is 12.7. The third kappa shape index (κ3) is 3.75. The standard InChI is InChI=1S/C27H27N5OS/c1-16(15-32-11-3-4-12-32)22-13-18(9-10-28-22)20-6-5-19-21(31-20)7-8-23-24(19)25-26(34-23)27(33)30-17(2)14-29-25/h5-10,13,17,29H,1,3-4,11-12,14-15H2,2H3,(H,30,33)/t17-/m1/s1. The molecule has 2 N–H and O–H groups in total. The van der Waals surface area contributed by atoms with Gasteiger partial charge < -0.3 is 10.6 Å². The molecule has 1 atom stereocenters. The average molecular weight is 470 g/mol. The molecule has 1 saturated heterocycles. The van der Waals surface area contributed by atoms with Crippen molar-refractivity contribution in [3.05, 3.63) is 59.7 Å². The van der Waals surface area contributed by atoms with Gasteiger partial charge in [0, 0.05) is 46.4 Å². The van der Waals surface area contributed by atoms with E-state index in [1.807, 2.05) is 25.3 Å². The molecule has 2 aliphatic heterocycles. The third-order valence-corrected chi connectivity index (χ3v) is 7.88. The van der Waals surface area contributed by atoms with E-state index in [0.717, 1.165) is 73.7 Å². The number of anilines is 1. The molecule has 4 aromatic rings. The molecule has 1 amide bonds. The van der Waals surface area contributed by atoms with Gasteiger partial charge in [-0.1, -0.05) is 6.58 Å². The predicted octanol–water partition coefficient (Wildman–Crippen LogP) is 5.16. The van der Waals surface area contributed by atoms with Crippen molar-refractivity contribution in [1.82, 2.24) is 20.2 Å². The van der Waals surface area contributed by atoms with Crippen LogP contribution in [-0.2, 0) is 0 Å². The molecule has 6 rings (SSSR count). The van der Waals surface area contributed by atoms with Crippen LogP contribution in [0.1, 0.15) is 35.1 Å². The smallest absolute Gasteiger partial charge is 0.263 e. The first kappa shape index (κ1) is 21.3. The number of nitrogens with one attached hydrogen (secondary N) is 2. The monoisotopic (exact) mass is 469 g/mol. The summed E-state index contributed by atoms with van der Waals surface area (Å²) in [4.78, 5) is 25.4. The molecule has 1 fully saturated rings. The second kappa shape index (κ2) is 8.49. The van der Waals surface area contributed by atoms with Crippen molar-refractivity contribution in [3.63, 3.8) is 0 Å². The number of amides is 1. The highest BCUT2D eigenvalue weighted by Gasteiger charge is 2.24. The first-order valence-electron chi connectivity index (χ1n) is 11.8. The fraction of sp³-hybridized carbons (Fsp3) is 0.296. The van der Waals surface area contributed by atoms with E-state index in [0.29, 0.717) is 6.54 Å². The molecule has 0 aliphatic carbocycles. The number of carbonyl (C=O) groups excluding carboxylic acids is 1. The number of hydrogen-bond donors (Lipinski definition) is 2. The van der Waals surface area contributed by atoms with Crippen LogP contribution < -0.4 is 10.6 Å². The van der Waals surface area contributed by atoms with Crippen molar-refractivity contribution in [2.75, 3.05) is 31.5 Å². The number of aromatic nitrogens is 2. The minimum Gasteiger partial charge on any atom is -0.381 e. The van der Waals surface area contributed by atoms with Crippen LogP contribution in [0.3, 0.4) is 0 Å². The summed E-state index contributed by atoms with van der Waals surface area (Å²) in [5.41, 5.74) is 5.75. The lowest BCUT2D eigenvalue weighted by atomic mass is 10.0. The molecule has 2 aliphatic rings. The van der Waals surface area contributed by atoms with Gasteiger partial charge in [0.15, 0.2) is 0 Å². The molecule has 172 valence electrons. The first-order chi connectivity index (χ1) is 16.6. The third-order valence-electron chi connectivity index (χ3n) is 6.72. The van der Waals surface area contributed by atoms with E-state index in [4.69, 9.17) is 4.98 Å². The molecule has 0 saturated carbocycles. The maximum atomic E-state index is 12.7. The zero-order valence-electron chi connectivity index (χ0n) is 19.2. The number of fused-ring (bicyclic) bond motifs is 5. The topological polar surface area (TPSA) is 70.2 Å². The summed E-state index contributed by atoms with van der Waals surface area (Å²) >= 11 is 1.53. The maximum Gasteiger partial charge on any atom is 0.263 e. The van der Waals surface area contributed by atoms with E-state index in [-0.39, 0.29) is 11.9 Å². The van der Waals surface area contributed by atoms with Crippen LogP contribution in [0, 0.1) is 0 Å². The Morgan fingerprint density at radius 1 is 1.21 bits per heavy atom. The highest BCUT2D eigenvalue weighted by molar-refractivity contribution is 7.21. The van der Waals surface area contributed by atoms with Gasteiger partial charge in [0.05, 0.1) is 22.6 Å². The maximum absolute atomic E-state index is 12.7. The number of nitrogens with zero attached hydrogens (tertiary/aromatic N) is 3. The number of hydrogen-bond acceptors (Lipinski definition) is 6.